The highest BCUT2D eigenvalue weighted by atomic mass is 32.2. The van der Waals surface area contributed by atoms with Crippen LogP contribution >= 0.6 is 11.3 Å². The summed E-state index contributed by atoms with van der Waals surface area (Å²) in [6, 6.07) is 8.49. The minimum atomic E-state index is -3.49. The van der Waals surface area contributed by atoms with E-state index in [0.29, 0.717) is 35.1 Å². The molecule has 0 bridgehead atoms. The number of carbonyl (C=O) groups excluding carboxylic acids is 1. The van der Waals surface area contributed by atoms with Crippen molar-refractivity contribution < 1.29 is 13.2 Å². The summed E-state index contributed by atoms with van der Waals surface area (Å²) < 4.78 is 28.0. The highest BCUT2D eigenvalue weighted by Crippen LogP contribution is 2.31. The van der Waals surface area contributed by atoms with E-state index in [1.54, 1.807) is 36.5 Å². The second-order valence-electron chi connectivity index (χ2n) is 8.14. The van der Waals surface area contributed by atoms with Crippen LogP contribution in [0.5, 0.6) is 0 Å². The number of nitrogens with zero attached hydrogens (tertiary/aromatic N) is 4. The third-order valence-electron chi connectivity index (χ3n) is 5.97. The Kier molecular flexibility index (Phi) is 5.83. The zero-order valence-electron chi connectivity index (χ0n) is 17.7. The summed E-state index contributed by atoms with van der Waals surface area (Å²) in [4.78, 5) is 24.4. The monoisotopic (exact) mass is 471 g/mol. The van der Waals surface area contributed by atoms with Crippen LogP contribution in [-0.4, -0.2) is 54.8 Å². The highest BCUT2D eigenvalue weighted by Gasteiger charge is 2.27. The smallest absolute Gasteiger partial charge is 0.261 e. The Bertz CT molecular complexity index is 1250. The molecule has 1 N–H and O–H groups in total. The van der Waals surface area contributed by atoms with E-state index in [0.717, 1.165) is 43.5 Å². The number of hydrogen-bond donors (Lipinski definition) is 1. The molecule has 2 aliphatic rings. The number of thiazole rings is 1. The van der Waals surface area contributed by atoms with Gasteiger partial charge in [-0.15, -0.1) is 0 Å². The van der Waals surface area contributed by atoms with Crippen molar-refractivity contribution in [2.75, 3.05) is 36.4 Å². The minimum absolute atomic E-state index is 0.261. The predicted octanol–water partition coefficient (Wildman–Crippen LogP) is 3.72. The van der Waals surface area contributed by atoms with Crippen LogP contribution in [0.3, 0.4) is 0 Å². The van der Waals surface area contributed by atoms with E-state index in [1.165, 1.54) is 22.1 Å². The number of carbonyl (C=O) groups is 1. The first-order chi connectivity index (χ1) is 15.5. The Morgan fingerprint density at radius 2 is 1.75 bits per heavy atom. The normalized spacial score (nSPS) is 17.7. The fourth-order valence-electron chi connectivity index (χ4n) is 4.29. The Labute approximate surface area is 191 Å². The molecule has 10 heteroatoms. The number of piperidine rings is 1. The predicted molar refractivity (Wildman–Crippen MR) is 126 cm³/mol. The second-order valence-corrected chi connectivity index (χ2v) is 11.1. The van der Waals surface area contributed by atoms with Crippen molar-refractivity contribution in [1.82, 2.24) is 14.3 Å². The summed E-state index contributed by atoms with van der Waals surface area (Å²) in [7, 11) is -3.49. The van der Waals surface area contributed by atoms with Crippen molar-refractivity contribution in [2.24, 2.45) is 0 Å². The molecule has 0 atom stereocenters. The molecule has 0 aliphatic carbocycles. The molecule has 2 fully saturated rings. The van der Waals surface area contributed by atoms with Gasteiger partial charge < -0.3 is 4.90 Å². The summed E-state index contributed by atoms with van der Waals surface area (Å²) in [5, 5.41) is 3.32. The van der Waals surface area contributed by atoms with E-state index in [9.17, 15) is 13.2 Å². The van der Waals surface area contributed by atoms with Gasteiger partial charge in [-0.25, -0.2) is 18.4 Å². The Hall–Kier alpha value is -2.56. The Morgan fingerprint density at radius 3 is 2.53 bits per heavy atom. The molecule has 32 heavy (non-hydrogen) atoms. The van der Waals surface area contributed by atoms with Gasteiger partial charge in [-0.05, 0) is 62.4 Å². The van der Waals surface area contributed by atoms with Gasteiger partial charge in [0.25, 0.3) is 5.91 Å². The standard InChI is InChI=1S/C22H25N5O3S2/c28-21(17-7-6-10-23-20(17)26-11-2-1-3-12-26)25-22-24-18-9-8-16(15-19(18)31-22)32(29,30)27-13-4-5-14-27/h6-10,15H,1-5,11-14H2,(H,24,25,28). The zero-order valence-corrected chi connectivity index (χ0v) is 19.3. The van der Waals surface area contributed by atoms with Crippen LogP contribution < -0.4 is 10.2 Å². The zero-order chi connectivity index (χ0) is 22.1. The van der Waals surface area contributed by atoms with E-state index >= 15 is 0 Å². The van der Waals surface area contributed by atoms with Gasteiger partial charge in [0.1, 0.15) is 5.82 Å². The molecule has 3 aromatic rings. The van der Waals surface area contributed by atoms with Crippen molar-refractivity contribution in [3.8, 4) is 0 Å². The topological polar surface area (TPSA) is 95.5 Å². The number of fused-ring (bicyclic) bond motifs is 1. The molecule has 2 saturated heterocycles. The van der Waals surface area contributed by atoms with Gasteiger partial charge in [0.15, 0.2) is 5.13 Å². The average Bonchev–Trinajstić information content (AvgIpc) is 3.49. The molecule has 168 valence electrons. The number of hydrogen-bond acceptors (Lipinski definition) is 7. The maximum atomic E-state index is 13.0. The molecule has 0 unspecified atom stereocenters. The molecule has 0 saturated carbocycles. The third-order valence-corrected chi connectivity index (χ3v) is 8.80. The number of rotatable bonds is 5. The van der Waals surface area contributed by atoms with Crippen LogP contribution in [0.15, 0.2) is 41.4 Å². The lowest BCUT2D eigenvalue weighted by atomic mass is 10.1. The van der Waals surface area contributed by atoms with Gasteiger partial charge in [-0.1, -0.05) is 11.3 Å². The van der Waals surface area contributed by atoms with Gasteiger partial charge in [0, 0.05) is 32.4 Å². The van der Waals surface area contributed by atoms with Crippen LogP contribution in [0, 0.1) is 0 Å². The quantitative estimate of drug-likeness (QED) is 0.609. The first kappa shape index (κ1) is 21.3. The number of anilines is 2. The van der Waals surface area contributed by atoms with Gasteiger partial charge in [-0.3, -0.25) is 10.1 Å². The van der Waals surface area contributed by atoms with Crippen LogP contribution in [0.2, 0.25) is 0 Å². The summed E-state index contributed by atoms with van der Waals surface area (Å²) in [6.07, 6.45) is 6.89. The van der Waals surface area contributed by atoms with Gasteiger partial charge in [-0.2, -0.15) is 4.31 Å². The van der Waals surface area contributed by atoms with Gasteiger partial charge in [0.2, 0.25) is 10.0 Å². The van der Waals surface area contributed by atoms with Gasteiger partial charge in [0.05, 0.1) is 20.7 Å². The maximum absolute atomic E-state index is 13.0. The molecule has 4 heterocycles. The Balaban J connectivity index is 1.39. The molecule has 0 spiro atoms. The lowest BCUT2D eigenvalue weighted by Gasteiger charge is -2.28. The molecule has 1 aromatic carbocycles. The molecule has 2 aliphatic heterocycles. The number of aromatic nitrogens is 2. The minimum Gasteiger partial charge on any atom is -0.356 e. The van der Waals surface area contributed by atoms with Crippen molar-refractivity contribution >= 4 is 48.4 Å². The van der Waals surface area contributed by atoms with E-state index < -0.39 is 10.0 Å². The fraction of sp³-hybridized carbons (Fsp3) is 0.409. The molecule has 1 amide bonds. The van der Waals surface area contributed by atoms with Crippen molar-refractivity contribution in [3.05, 3.63) is 42.1 Å². The Morgan fingerprint density at radius 1 is 1.00 bits per heavy atom. The van der Waals surface area contributed by atoms with E-state index in [2.05, 4.69) is 20.2 Å². The number of nitrogens with one attached hydrogen (secondary N) is 1. The maximum Gasteiger partial charge on any atom is 0.261 e. The molecule has 2 aromatic heterocycles. The summed E-state index contributed by atoms with van der Waals surface area (Å²) in [5.74, 6) is 0.437. The SMILES string of the molecule is O=C(Nc1nc2ccc(S(=O)(=O)N3CCCC3)cc2s1)c1cccnc1N1CCCCC1. The largest absolute Gasteiger partial charge is 0.356 e. The molecule has 8 nitrogen and oxygen atoms in total. The van der Waals surface area contributed by atoms with E-state index in [-0.39, 0.29) is 10.8 Å². The molecular formula is C22H25N5O3S2. The summed E-state index contributed by atoms with van der Waals surface area (Å²) in [6.45, 7) is 2.92. The van der Waals surface area contributed by atoms with E-state index in [4.69, 9.17) is 0 Å². The van der Waals surface area contributed by atoms with Crippen molar-refractivity contribution in [2.45, 2.75) is 37.0 Å². The average molecular weight is 472 g/mol. The lowest BCUT2D eigenvalue weighted by Crippen LogP contribution is -2.32. The fourth-order valence-corrected chi connectivity index (χ4v) is 6.81. The van der Waals surface area contributed by atoms with Crippen molar-refractivity contribution in [1.29, 1.82) is 0 Å². The summed E-state index contributed by atoms with van der Waals surface area (Å²) in [5.41, 5.74) is 1.18. The first-order valence-electron chi connectivity index (χ1n) is 10.9. The third kappa shape index (κ3) is 4.10. The second kappa shape index (κ2) is 8.76. The highest BCUT2D eigenvalue weighted by molar-refractivity contribution is 7.89. The molecular weight excluding hydrogens is 446 g/mol. The number of amides is 1. The molecule has 0 radical (unpaired) electrons. The lowest BCUT2D eigenvalue weighted by molar-refractivity contribution is 0.102. The first-order valence-corrected chi connectivity index (χ1v) is 13.2. The summed E-state index contributed by atoms with van der Waals surface area (Å²) >= 11 is 1.27. The number of pyridine rings is 1. The van der Waals surface area contributed by atoms with E-state index in [1.807, 2.05) is 0 Å². The number of sulfonamides is 1. The van der Waals surface area contributed by atoms with Crippen LogP contribution in [0.1, 0.15) is 42.5 Å². The van der Waals surface area contributed by atoms with Crippen LogP contribution in [-0.2, 0) is 10.0 Å². The van der Waals surface area contributed by atoms with Gasteiger partial charge >= 0.3 is 0 Å². The number of benzene rings is 1. The van der Waals surface area contributed by atoms with Crippen LogP contribution in [0.25, 0.3) is 10.2 Å². The molecule has 5 rings (SSSR count). The van der Waals surface area contributed by atoms with Crippen molar-refractivity contribution in [3.63, 3.8) is 0 Å². The van der Waals surface area contributed by atoms with Crippen LogP contribution in [0.4, 0.5) is 10.9 Å².